The Kier molecular flexibility index (Phi) is 3.29. The molecule has 1 heterocycles. The zero-order valence-electron chi connectivity index (χ0n) is 7.83. The van der Waals surface area contributed by atoms with Crippen LogP contribution < -0.4 is 4.74 Å². The standard InChI is InChI=1S/C10H7BrClNOS/c1-14-8-3-2-6(4-7(8)12)10-13-9(11)5-15-10/h2-5H,1H3. The predicted octanol–water partition coefficient (Wildman–Crippen LogP) is 4.23. The average Bonchev–Trinajstić information content (AvgIpc) is 2.65. The molecule has 0 saturated heterocycles. The number of thiazole rings is 1. The van der Waals surface area contributed by atoms with Gasteiger partial charge < -0.3 is 4.74 Å². The summed E-state index contributed by atoms with van der Waals surface area (Å²) >= 11 is 10.9. The van der Waals surface area contributed by atoms with Crippen molar-refractivity contribution in [1.29, 1.82) is 0 Å². The van der Waals surface area contributed by atoms with Gasteiger partial charge in [0, 0.05) is 10.9 Å². The highest BCUT2D eigenvalue weighted by Gasteiger charge is 2.06. The van der Waals surface area contributed by atoms with Crippen LogP contribution in [-0.4, -0.2) is 12.1 Å². The Morgan fingerprint density at radius 1 is 1.47 bits per heavy atom. The molecule has 5 heteroatoms. The lowest BCUT2D eigenvalue weighted by Crippen LogP contribution is -1.84. The maximum Gasteiger partial charge on any atom is 0.137 e. The third-order valence-electron chi connectivity index (χ3n) is 1.87. The number of aromatic nitrogens is 1. The van der Waals surface area contributed by atoms with E-state index in [1.165, 1.54) is 0 Å². The summed E-state index contributed by atoms with van der Waals surface area (Å²) in [5.41, 5.74) is 0.997. The fourth-order valence-corrected chi connectivity index (χ4v) is 2.69. The van der Waals surface area contributed by atoms with E-state index < -0.39 is 0 Å². The summed E-state index contributed by atoms with van der Waals surface area (Å²) in [7, 11) is 1.60. The quantitative estimate of drug-likeness (QED) is 0.828. The van der Waals surface area contributed by atoms with Gasteiger partial charge in [0.1, 0.15) is 15.4 Å². The van der Waals surface area contributed by atoms with Crippen molar-refractivity contribution in [2.24, 2.45) is 0 Å². The predicted molar refractivity (Wildman–Crippen MR) is 66.8 cm³/mol. The van der Waals surface area contributed by atoms with Crippen LogP contribution in [0.15, 0.2) is 28.2 Å². The molecule has 0 aliphatic rings. The number of hydrogen-bond donors (Lipinski definition) is 0. The van der Waals surface area contributed by atoms with Crippen molar-refractivity contribution < 1.29 is 4.74 Å². The second kappa shape index (κ2) is 4.51. The first-order chi connectivity index (χ1) is 7.20. The highest BCUT2D eigenvalue weighted by Crippen LogP contribution is 2.32. The zero-order chi connectivity index (χ0) is 10.8. The molecule has 0 radical (unpaired) electrons. The highest BCUT2D eigenvalue weighted by molar-refractivity contribution is 9.10. The molecule has 0 N–H and O–H groups in total. The summed E-state index contributed by atoms with van der Waals surface area (Å²) in [5, 5.41) is 3.47. The molecule has 0 amide bonds. The summed E-state index contributed by atoms with van der Waals surface area (Å²) in [6.07, 6.45) is 0. The maximum atomic E-state index is 6.03. The largest absolute Gasteiger partial charge is 0.495 e. The molecule has 0 saturated carbocycles. The molecule has 2 nitrogen and oxygen atoms in total. The van der Waals surface area contributed by atoms with Gasteiger partial charge in [-0.1, -0.05) is 11.6 Å². The molecular formula is C10H7BrClNOS. The van der Waals surface area contributed by atoms with Crippen molar-refractivity contribution in [3.63, 3.8) is 0 Å². The van der Waals surface area contributed by atoms with Crippen LogP contribution in [0, 0.1) is 0 Å². The van der Waals surface area contributed by atoms with Gasteiger partial charge in [-0.05, 0) is 34.1 Å². The van der Waals surface area contributed by atoms with Gasteiger partial charge in [-0.25, -0.2) is 4.98 Å². The van der Waals surface area contributed by atoms with Gasteiger partial charge in [-0.3, -0.25) is 0 Å². The van der Waals surface area contributed by atoms with Crippen molar-refractivity contribution in [3.05, 3.63) is 33.2 Å². The van der Waals surface area contributed by atoms with Crippen molar-refractivity contribution in [1.82, 2.24) is 4.98 Å². The number of halogens is 2. The Labute approximate surface area is 105 Å². The molecule has 0 fully saturated rings. The van der Waals surface area contributed by atoms with E-state index in [9.17, 15) is 0 Å². The van der Waals surface area contributed by atoms with E-state index in [1.54, 1.807) is 18.4 Å². The molecule has 0 bridgehead atoms. The molecule has 15 heavy (non-hydrogen) atoms. The lowest BCUT2D eigenvalue weighted by molar-refractivity contribution is 0.415. The van der Waals surface area contributed by atoms with Crippen LogP contribution in [0.4, 0.5) is 0 Å². The van der Waals surface area contributed by atoms with Crippen LogP contribution in [-0.2, 0) is 0 Å². The molecule has 0 unspecified atom stereocenters. The van der Waals surface area contributed by atoms with E-state index in [4.69, 9.17) is 16.3 Å². The van der Waals surface area contributed by atoms with Crippen molar-refractivity contribution in [3.8, 4) is 16.3 Å². The van der Waals surface area contributed by atoms with Gasteiger partial charge in [0.05, 0.1) is 12.1 Å². The van der Waals surface area contributed by atoms with Crippen LogP contribution >= 0.6 is 38.9 Å². The molecule has 1 aromatic heterocycles. The second-order valence-corrected chi connectivity index (χ2v) is 4.90. The molecule has 1 aromatic carbocycles. The van der Waals surface area contributed by atoms with E-state index in [2.05, 4.69) is 20.9 Å². The third kappa shape index (κ3) is 2.33. The number of hydrogen-bond acceptors (Lipinski definition) is 3. The summed E-state index contributed by atoms with van der Waals surface area (Å²) in [5.74, 6) is 0.677. The van der Waals surface area contributed by atoms with Crippen LogP contribution in [0.2, 0.25) is 5.02 Å². The molecule has 0 spiro atoms. The molecule has 2 rings (SSSR count). The normalized spacial score (nSPS) is 10.3. The minimum Gasteiger partial charge on any atom is -0.495 e. The number of ether oxygens (including phenoxy) is 1. The SMILES string of the molecule is COc1ccc(-c2nc(Br)cs2)cc1Cl. The monoisotopic (exact) mass is 303 g/mol. The van der Waals surface area contributed by atoms with Gasteiger partial charge in [0.15, 0.2) is 0 Å². The smallest absolute Gasteiger partial charge is 0.137 e. The van der Waals surface area contributed by atoms with Crippen LogP contribution in [0.1, 0.15) is 0 Å². The van der Waals surface area contributed by atoms with E-state index in [0.29, 0.717) is 10.8 Å². The average molecular weight is 305 g/mol. The first-order valence-electron chi connectivity index (χ1n) is 4.15. The van der Waals surface area contributed by atoms with Gasteiger partial charge in [-0.15, -0.1) is 11.3 Å². The van der Waals surface area contributed by atoms with Crippen LogP contribution in [0.25, 0.3) is 10.6 Å². The molecule has 78 valence electrons. The van der Waals surface area contributed by atoms with Gasteiger partial charge in [-0.2, -0.15) is 0 Å². The lowest BCUT2D eigenvalue weighted by Gasteiger charge is -2.03. The Balaban J connectivity index is 2.42. The van der Waals surface area contributed by atoms with Crippen molar-refractivity contribution in [2.45, 2.75) is 0 Å². The van der Waals surface area contributed by atoms with Gasteiger partial charge >= 0.3 is 0 Å². The number of nitrogens with zero attached hydrogens (tertiary/aromatic N) is 1. The number of methoxy groups -OCH3 is 1. The Morgan fingerprint density at radius 3 is 2.80 bits per heavy atom. The Hall–Kier alpha value is -0.580. The van der Waals surface area contributed by atoms with Crippen LogP contribution in [0.3, 0.4) is 0 Å². The molecule has 0 aliphatic heterocycles. The fourth-order valence-electron chi connectivity index (χ4n) is 1.19. The summed E-state index contributed by atoms with van der Waals surface area (Å²) in [6, 6.07) is 5.63. The van der Waals surface area contributed by atoms with E-state index in [0.717, 1.165) is 15.2 Å². The third-order valence-corrected chi connectivity index (χ3v) is 3.77. The van der Waals surface area contributed by atoms with E-state index in [1.807, 2.05) is 23.6 Å². The Morgan fingerprint density at radius 2 is 2.27 bits per heavy atom. The lowest BCUT2D eigenvalue weighted by atomic mass is 10.2. The van der Waals surface area contributed by atoms with Gasteiger partial charge in [0.2, 0.25) is 0 Å². The second-order valence-electron chi connectivity index (χ2n) is 2.82. The first kappa shape index (κ1) is 10.9. The minimum atomic E-state index is 0.598. The number of rotatable bonds is 2. The van der Waals surface area contributed by atoms with E-state index >= 15 is 0 Å². The summed E-state index contributed by atoms with van der Waals surface area (Å²) in [6.45, 7) is 0. The number of benzene rings is 1. The topological polar surface area (TPSA) is 22.1 Å². The van der Waals surface area contributed by atoms with Crippen LogP contribution in [0.5, 0.6) is 5.75 Å². The van der Waals surface area contributed by atoms with E-state index in [-0.39, 0.29) is 0 Å². The maximum absolute atomic E-state index is 6.03. The minimum absolute atomic E-state index is 0.598. The fraction of sp³-hybridized carbons (Fsp3) is 0.100. The zero-order valence-corrected chi connectivity index (χ0v) is 11.0. The Bertz CT molecular complexity index is 486. The molecule has 0 aliphatic carbocycles. The molecule has 2 aromatic rings. The van der Waals surface area contributed by atoms with Crippen molar-refractivity contribution >= 4 is 38.9 Å². The van der Waals surface area contributed by atoms with Gasteiger partial charge in [0.25, 0.3) is 0 Å². The summed E-state index contributed by atoms with van der Waals surface area (Å²) < 4.78 is 5.92. The van der Waals surface area contributed by atoms with Crippen molar-refractivity contribution in [2.75, 3.05) is 7.11 Å². The summed E-state index contributed by atoms with van der Waals surface area (Å²) in [4.78, 5) is 4.31. The molecule has 0 atom stereocenters. The highest BCUT2D eigenvalue weighted by atomic mass is 79.9. The first-order valence-corrected chi connectivity index (χ1v) is 6.20. The molecular weight excluding hydrogens is 298 g/mol.